The number of rotatable bonds is 5. The Balaban J connectivity index is 2.02. The van der Waals surface area contributed by atoms with Crippen molar-refractivity contribution in [3.63, 3.8) is 0 Å². The van der Waals surface area contributed by atoms with Crippen LogP contribution in [-0.2, 0) is 24.1 Å². The van der Waals surface area contributed by atoms with Gasteiger partial charge in [-0.15, -0.1) is 0 Å². The van der Waals surface area contributed by atoms with Gasteiger partial charge in [0, 0.05) is 0 Å². The lowest BCUT2D eigenvalue weighted by molar-refractivity contribution is 0.184. The molecule has 0 amide bonds. The molecule has 1 heterocycles. The first kappa shape index (κ1) is 17.4. The van der Waals surface area contributed by atoms with E-state index in [2.05, 4.69) is 0 Å². The van der Waals surface area contributed by atoms with Gasteiger partial charge in [0.25, 0.3) is 10.1 Å². The van der Waals surface area contributed by atoms with Crippen LogP contribution in [0.5, 0.6) is 0 Å². The number of benzene rings is 1. The van der Waals surface area contributed by atoms with Crippen LogP contribution in [0.2, 0.25) is 0 Å². The molecular formula is C15H22O5S2. The third kappa shape index (κ3) is 3.07. The Hall–Kier alpha value is -0.920. The standard InChI is InChI=1S/C15H22O5S2/c1-11-5-7-13(8-6-11)22(18,19)20-9-12(2)14-10-21(16,17)15(14,3)4/h5-8,12,14H,9-10H2,1-4H3/t12-,14-/m0/s1. The second-order valence-corrected chi connectivity index (χ2v) is 10.8. The fourth-order valence-corrected chi connectivity index (χ4v) is 5.84. The van der Waals surface area contributed by atoms with Crippen molar-refractivity contribution in [2.75, 3.05) is 12.4 Å². The number of hydrogen-bond donors (Lipinski definition) is 0. The summed E-state index contributed by atoms with van der Waals surface area (Å²) in [7, 11) is -6.87. The molecule has 5 nitrogen and oxygen atoms in total. The minimum atomic E-state index is -3.81. The van der Waals surface area contributed by atoms with Gasteiger partial charge in [0.15, 0.2) is 9.84 Å². The summed E-state index contributed by atoms with van der Waals surface area (Å²) in [4.78, 5) is 0.116. The average Bonchev–Trinajstić information content (AvgIpc) is 2.43. The van der Waals surface area contributed by atoms with E-state index in [-0.39, 0.29) is 29.1 Å². The third-order valence-electron chi connectivity index (χ3n) is 4.58. The van der Waals surface area contributed by atoms with E-state index in [1.165, 1.54) is 12.1 Å². The normalized spacial score (nSPS) is 24.5. The van der Waals surface area contributed by atoms with E-state index in [1.807, 2.05) is 13.8 Å². The van der Waals surface area contributed by atoms with Gasteiger partial charge < -0.3 is 0 Å². The molecule has 0 radical (unpaired) electrons. The smallest absolute Gasteiger partial charge is 0.266 e. The Morgan fingerprint density at radius 2 is 1.82 bits per heavy atom. The highest BCUT2D eigenvalue weighted by molar-refractivity contribution is 7.94. The van der Waals surface area contributed by atoms with Crippen molar-refractivity contribution < 1.29 is 21.0 Å². The fraction of sp³-hybridized carbons (Fsp3) is 0.600. The quantitative estimate of drug-likeness (QED) is 0.764. The lowest BCUT2D eigenvalue weighted by atomic mass is 9.84. The summed E-state index contributed by atoms with van der Waals surface area (Å²) in [6.07, 6.45) is 0. The average molecular weight is 346 g/mol. The molecule has 0 bridgehead atoms. The highest BCUT2D eigenvalue weighted by Crippen LogP contribution is 2.43. The zero-order valence-electron chi connectivity index (χ0n) is 13.2. The molecule has 1 saturated heterocycles. The van der Waals surface area contributed by atoms with Crippen molar-refractivity contribution in [3.05, 3.63) is 29.8 Å². The van der Waals surface area contributed by atoms with Crippen molar-refractivity contribution in [2.24, 2.45) is 11.8 Å². The molecule has 2 rings (SSSR count). The van der Waals surface area contributed by atoms with Gasteiger partial charge in [0.1, 0.15) is 0 Å². The molecule has 0 unspecified atom stereocenters. The first-order valence-electron chi connectivity index (χ1n) is 7.16. The molecule has 2 atom stereocenters. The molecule has 1 aliphatic rings. The summed E-state index contributed by atoms with van der Waals surface area (Å²) in [6.45, 7) is 7.05. The lowest BCUT2D eigenvalue weighted by Crippen LogP contribution is -2.58. The van der Waals surface area contributed by atoms with E-state index in [4.69, 9.17) is 4.18 Å². The lowest BCUT2D eigenvalue weighted by Gasteiger charge is -2.46. The number of sulfone groups is 1. The van der Waals surface area contributed by atoms with Gasteiger partial charge in [0.2, 0.25) is 0 Å². The highest BCUT2D eigenvalue weighted by Gasteiger charge is 2.55. The molecule has 124 valence electrons. The molecule has 22 heavy (non-hydrogen) atoms. The molecule has 0 N–H and O–H groups in total. The fourth-order valence-electron chi connectivity index (χ4n) is 2.72. The van der Waals surface area contributed by atoms with E-state index in [0.717, 1.165) is 5.56 Å². The number of aryl methyl sites for hydroxylation is 1. The summed E-state index contributed by atoms with van der Waals surface area (Å²) in [6, 6.07) is 6.43. The zero-order valence-corrected chi connectivity index (χ0v) is 14.9. The van der Waals surface area contributed by atoms with E-state index in [1.54, 1.807) is 26.0 Å². The van der Waals surface area contributed by atoms with Crippen molar-refractivity contribution in [3.8, 4) is 0 Å². The van der Waals surface area contributed by atoms with Gasteiger partial charge in [-0.3, -0.25) is 4.18 Å². The van der Waals surface area contributed by atoms with Gasteiger partial charge in [0.05, 0.1) is 22.0 Å². The van der Waals surface area contributed by atoms with Gasteiger partial charge in [-0.25, -0.2) is 8.42 Å². The first-order valence-corrected chi connectivity index (χ1v) is 10.2. The second kappa shape index (κ2) is 5.62. The van der Waals surface area contributed by atoms with Crippen molar-refractivity contribution >= 4 is 20.0 Å². The topological polar surface area (TPSA) is 77.5 Å². The van der Waals surface area contributed by atoms with Gasteiger partial charge in [-0.2, -0.15) is 8.42 Å². The maximum Gasteiger partial charge on any atom is 0.296 e. The van der Waals surface area contributed by atoms with Crippen molar-refractivity contribution in [2.45, 2.75) is 37.3 Å². The molecule has 0 saturated carbocycles. The summed E-state index contributed by atoms with van der Waals surface area (Å²) in [5.41, 5.74) is 0.966. The third-order valence-corrected chi connectivity index (χ3v) is 8.58. The van der Waals surface area contributed by atoms with Crippen LogP contribution in [0, 0.1) is 18.8 Å². The Morgan fingerprint density at radius 3 is 2.27 bits per heavy atom. The van der Waals surface area contributed by atoms with E-state index >= 15 is 0 Å². The van der Waals surface area contributed by atoms with Crippen molar-refractivity contribution in [1.82, 2.24) is 0 Å². The Labute approximate surface area is 132 Å². The predicted octanol–water partition coefficient (Wildman–Crippen LogP) is 2.16. The minimum absolute atomic E-state index is 0.0141. The zero-order chi connectivity index (χ0) is 16.8. The minimum Gasteiger partial charge on any atom is -0.266 e. The van der Waals surface area contributed by atoms with Crippen LogP contribution in [0.4, 0.5) is 0 Å². The summed E-state index contributed by atoms with van der Waals surface area (Å²) in [5.74, 6) is -0.153. The molecule has 7 heteroatoms. The first-order chi connectivity index (χ1) is 9.97. The van der Waals surface area contributed by atoms with Crippen molar-refractivity contribution in [1.29, 1.82) is 0 Å². The molecule has 0 spiro atoms. The maximum atomic E-state index is 12.1. The van der Waals surface area contributed by atoms with Crippen LogP contribution in [0.1, 0.15) is 26.3 Å². The van der Waals surface area contributed by atoms with Crippen LogP contribution in [0.15, 0.2) is 29.2 Å². The van der Waals surface area contributed by atoms with Crippen LogP contribution in [-0.4, -0.2) is 33.9 Å². The largest absolute Gasteiger partial charge is 0.296 e. The molecule has 1 fully saturated rings. The Kier molecular flexibility index (Phi) is 4.45. The molecule has 1 aromatic carbocycles. The molecule has 1 aliphatic heterocycles. The highest BCUT2D eigenvalue weighted by atomic mass is 32.2. The van der Waals surface area contributed by atoms with Crippen LogP contribution >= 0.6 is 0 Å². The van der Waals surface area contributed by atoms with Crippen LogP contribution in [0.3, 0.4) is 0 Å². The van der Waals surface area contributed by atoms with Crippen LogP contribution in [0.25, 0.3) is 0 Å². The van der Waals surface area contributed by atoms with E-state index in [0.29, 0.717) is 0 Å². The molecule has 1 aromatic rings. The predicted molar refractivity (Wildman–Crippen MR) is 84.8 cm³/mol. The van der Waals surface area contributed by atoms with Gasteiger partial charge in [-0.05, 0) is 44.7 Å². The monoisotopic (exact) mass is 346 g/mol. The second-order valence-electron chi connectivity index (χ2n) is 6.52. The maximum absolute atomic E-state index is 12.1. The van der Waals surface area contributed by atoms with Gasteiger partial charge in [-0.1, -0.05) is 24.6 Å². The summed E-state index contributed by atoms with van der Waals surface area (Å²) < 4.78 is 52.0. The Morgan fingerprint density at radius 1 is 1.27 bits per heavy atom. The van der Waals surface area contributed by atoms with E-state index < -0.39 is 24.7 Å². The summed E-state index contributed by atoms with van der Waals surface area (Å²) in [5, 5.41) is 0. The Bertz CT molecular complexity index is 746. The number of hydrogen-bond acceptors (Lipinski definition) is 5. The molecule has 0 aliphatic carbocycles. The molecular weight excluding hydrogens is 324 g/mol. The molecule has 0 aromatic heterocycles. The van der Waals surface area contributed by atoms with E-state index in [9.17, 15) is 16.8 Å². The summed E-state index contributed by atoms with van der Waals surface area (Å²) >= 11 is 0. The van der Waals surface area contributed by atoms with Gasteiger partial charge >= 0.3 is 0 Å². The SMILES string of the molecule is Cc1ccc(S(=O)(=O)OC[C@H](C)[C@@H]2CS(=O)(=O)C2(C)C)cc1. The van der Waals surface area contributed by atoms with Crippen LogP contribution < -0.4 is 0 Å².